The lowest BCUT2D eigenvalue weighted by Gasteiger charge is -2.26. The Morgan fingerprint density at radius 3 is 2.70 bits per heavy atom. The number of carbonyl (C=O) groups is 2. The van der Waals surface area contributed by atoms with Gasteiger partial charge >= 0.3 is 0 Å². The minimum Gasteiger partial charge on any atom is -0.340 e. The molecule has 0 saturated heterocycles. The molecule has 2 rings (SSSR count). The lowest BCUT2D eigenvalue weighted by Crippen LogP contribution is -2.49. The molecule has 1 atom stereocenters. The summed E-state index contributed by atoms with van der Waals surface area (Å²) in [5, 5.41) is 8.79. The van der Waals surface area contributed by atoms with Gasteiger partial charge in [-0.1, -0.05) is 19.9 Å². The molecule has 6 nitrogen and oxygen atoms in total. The second-order valence-corrected chi connectivity index (χ2v) is 6.84. The van der Waals surface area contributed by atoms with Crippen molar-refractivity contribution in [1.82, 2.24) is 20.0 Å². The maximum Gasteiger partial charge on any atom is 0.262 e. The van der Waals surface area contributed by atoms with Gasteiger partial charge < -0.3 is 10.2 Å². The Hall–Kier alpha value is -2.15. The molecule has 1 N–H and O–H groups in total. The van der Waals surface area contributed by atoms with Crippen molar-refractivity contribution in [2.24, 2.45) is 13.0 Å². The fourth-order valence-electron chi connectivity index (χ4n) is 2.28. The Labute approximate surface area is 140 Å². The van der Waals surface area contributed by atoms with E-state index in [0.717, 1.165) is 5.56 Å². The van der Waals surface area contributed by atoms with Crippen LogP contribution in [-0.2, 0) is 18.4 Å². The first-order valence-corrected chi connectivity index (χ1v) is 8.33. The summed E-state index contributed by atoms with van der Waals surface area (Å²) >= 11 is 1.36. The van der Waals surface area contributed by atoms with Crippen LogP contribution in [0.3, 0.4) is 0 Å². The number of amides is 2. The van der Waals surface area contributed by atoms with E-state index in [0.29, 0.717) is 11.4 Å². The summed E-state index contributed by atoms with van der Waals surface area (Å²) in [7, 11) is 3.57. The Bertz CT molecular complexity index is 663. The monoisotopic (exact) mass is 334 g/mol. The van der Waals surface area contributed by atoms with Crippen molar-refractivity contribution in [3.8, 4) is 0 Å². The maximum atomic E-state index is 12.7. The minimum absolute atomic E-state index is 0.00256. The second kappa shape index (κ2) is 7.41. The first kappa shape index (κ1) is 17.2. The van der Waals surface area contributed by atoms with Gasteiger partial charge in [-0.3, -0.25) is 14.3 Å². The van der Waals surface area contributed by atoms with Crippen LogP contribution in [0.1, 0.15) is 29.1 Å². The third kappa shape index (κ3) is 4.41. The van der Waals surface area contributed by atoms with E-state index in [-0.39, 0.29) is 17.7 Å². The molecular formula is C16H22N4O2S. The largest absolute Gasteiger partial charge is 0.340 e. The average molecular weight is 334 g/mol. The van der Waals surface area contributed by atoms with Crippen LogP contribution in [0.25, 0.3) is 0 Å². The molecule has 2 heterocycles. The van der Waals surface area contributed by atoms with E-state index in [2.05, 4.69) is 10.4 Å². The Morgan fingerprint density at radius 2 is 2.17 bits per heavy atom. The molecule has 0 unspecified atom stereocenters. The zero-order chi connectivity index (χ0) is 17.0. The van der Waals surface area contributed by atoms with Crippen LogP contribution in [0.5, 0.6) is 0 Å². The fourth-order valence-corrected chi connectivity index (χ4v) is 2.90. The second-order valence-electron chi connectivity index (χ2n) is 5.89. The molecule has 23 heavy (non-hydrogen) atoms. The predicted molar refractivity (Wildman–Crippen MR) is 90.1 cm³/mol. The highest BCUT2D eigenvalue weighted by Crippen LogP contribution is 2.12. The SMILES string of the molecule is CC(C)[C@H](NC(=O)c1cccs1)C(=O)N(C)Cc1cnn(C)c1. The number of carbonyl (C=O) groups excluding carboxylic acids is 2. The number of hydrogen-bond donors (Lipinski definition) is 1. The summed E-state index contributed by atoms with van der Waals surface area (Å²) in [6.07, 6.45) is 3.61. The average Bonchev–Trinajstić information content (AvgIpc) is 3.15. The van der Waals surface area contributed by atoms with Gasteiger partial charge in [0.15, 0.2) is 0 Å². The molecule has 2 aromatic rings. The molecule has 0 radical (unpaired) electrons. The third-order valence-corrected chi connectivity index (χ3v) is 4.39. The number of thiophene rings is 1. The van der Waals surface area contributed by atoms with E-state index >= 15 is 0 Å². The van der Waals surface area contributed by atoms with Gasteiger partial charge in [0, 0.05) is 32.4 Å². The molecule has 7 heteroatoms. The molecule has 124 valence electrons. The fraction of sp³-hybridized carbons (Fsp3) is 0.438. The number of hydrogen-bond acceptors (Lipinski definition) is 4. The minimum atomic E-state index is -0.550. The Kier molecular flexibility index (Phi) is 5.54. The summed E-state index contributed by atoms with van der Waals surface area (Å²) in [5.41, 5.74) is 0.954. The molecule has 0 aromatic carbocycles. The van der Waals surface area contributed by atoms with Gasteiger partial charge in [-0.25, -0.2) is 0 Å². The summed E-state index contributed by atoms with van der Waals surface area (Å²) < 4.78 is 1.70. The molecule has 0 aliphatic heterocycles. The zero-order valence-corrected chi connectivity index (χ0v) is 14.6. The lowest BCUT2D eigenvalue weighted by atomic mass is 10.0. The van der Waals surface area contributed by atoms with Crippen molar-refractivity contribution in [3.05, 3.63) is 40.3 Å². The highest BCUT2D eigenvalue weighted by Gasteiger charge is 2.27. The molecular weight excluding hydrogens is 312 g/mol. The molecule has 0 bridgehead atoms. The van der Waals surface area contributed by atoms with E-state index in [4.69, 9.17) is 0 Å². The smallest absolute Gasteiger partial charge is 0.262 e. The van der Waals surface area contributed by atoms with Crippen molar-refractivity contribution >= 4 is 23.2 Å². The van der Waals surface area contributed by atoms with Gasteiger partial charge in [0.2, 0.25) is 5.91 Å². The number of nitrogens with zero attached hydrogens (tertiary/aromatic N) is 3. The number of nitrogens with one attached hydrogen (secondary N) is 1. The van der Waals surface area contributed by atoms with E-state index in [1.165, 1.54) is 11.3 Å². The van der Waals surface area contributed by atoms with E-state index in [1.54, 1.807) is 28.9 Å². The molecule has 2 aromatic heterocycles. The predicted octanol–water partition coefficient (Wildman–Crippen LogP) is 1.89. The van der Waals surface area contributed by atoms with Crippen LogP contribution in [0.15, 0.2) is 29.9 Å². The van der Waals surface area contributed by atoms with Crippen LogP contribution in [0.4, 0.5) is 0 Å². The van der Waals surface area contributed by atoms with Crippen LogP contribution in [0.2, 0.25) is 0 Å². The van der Waals surface area contributed by atoms with Crippen molar-refractivity contribution < 1.29 is 9.59 Å². The summed E-state index contributed by atoms with van der Waals surface area (Å²) in [4.78, 5) is 27.1. The zero-order valence-electron chi connectivity index (χ0n) is 13.8. The van der Waals surface area contributed by atoms with Crippen LogP contribution in [0, 0.1) is 5.92 Å². The summed E-state index contributed by atoms with van der Waals surface area (Å²) in [6, 6.07) is 3.02. The van der Waals surface area contributed by atoms with Crippen molar-refractivity contribution in [3.63, 3.8) is 0 Å². The third-order valence-electron chi connectivity index (χ3n) is 3.52. The molecule has 0 aliphatic rings. The normalized spacial score (nSPS) is 12.2. The van der Waals surface area contributed by atoms with Crippen molar-refractivity contribution in [1.29, 1.82) is 0 Å². The standard InChI is InChI=1S/C16H22N4O2S/c1-11(2)14(18-15(21)13-6-5-7-23-13)16(22)19(3)9-12-8-17-20(4)10-12/h5-8,10-11,14H,9H2,1-4H3,(H,18,21)/t14-/m0/s1. The van der Waals surface area contributed by atoms with Crippen molar-refractivity contribution in [2.75, 3.05) is 7.05 Å². The van der Waals surface area contributed by atoms with Crippen LogP contribution >= 0.6 is 11.3 Å². The summed E-state index contributed by atoms with van der Waals surface area (Å²) in [5.74, 6) is -0.307. The molecule has 0 saturated carbocycles. The first-order chi connectivity index (χ1) is 10.9. The van der Waals surface area contributed by atoms with Gasteiger partial charge in [0.05, 0.1) is 11.1 Å². The highest BCUT2D eigenvalue weighted by molar-refractivity contribution is 7.12. The quantitative estimate of drug-likeness (QED) is 0.877. The van der Waals surface area contributed by atoms with Gasteiger partial charge in [0.25, 0.3) is 5.91 Å². The van der Waals surface area contributed by atoms with Gasteiger partial charge in [-0.2, -0.15) is 5.10 Å². The Balaban J connectivity index is 2.04. The van der Waals surface area contributed by atoms with Gasteiger partial charge in [0.1, 0.15) is 6.04 Å². The van der Waals surface area contributed by atoms with Crippen molar-refractivity contribution in [2.45, 2.75) is 26.4 Å². The van der Waals surface area contributed by atoms with E-state index in [1.807, 2.05) is 38.5 Å². The Morgan fingerprint density at radius 1 is 1.43 bits per heavy atom. The van der Waals surface area contributed by atoms with Crippen LogP contribution < -0.4 is 5.32 Å². The molecule has 0 fully saturated rings. The number of likely N-dealkylation sites (N-methyl/N-ethyl adjacent to an activating group) is 1. The first-order valence-electron chi connectivity index (χ1n) is 7.45. The van der Waals surface area contributed by atoms with Crippen LogP contribution in [-0.4, -0.2) is 39.6 Å². The topological polar surface area (TPSA) is 67.2 Å². The molecule has 2 amide bonds. The number of rotatable bonds is 6. The number of aromatic nitrogens is 2. The maximum absolute atomic E-state index is 12.7. The lowest BCUT2D eigenvalue weighted by molar-refractivity contribution is -0.133. The number of aryl methyl sites for hydroxylation is 1. The summed E-state index contributed by atoms with van der Waals surface area (Å²) in [6.45, 7) is 4.31. The van der Waals surface area contributed by atoms with Gasteiger partial charge in [-0.15, -0.1) is 11.3 Å². The highest BCUT2D eigenvalue weighted by atomic mass is 32.1. The molecule has 0 spiro atoms. The molecule has 0 aliphatic carbocycles. The van der Waals surface area contributed by atoms with E-state index in [9.17, 15) is 9.59 Å². The van der Waals surface area contributed by atoms with Gasteiger partial charge in [-0.05, 0) is 17.4 Å². The van der Waals surface area contributed by atoms with E-state index < -0.39 is 6.04 Å².